The highest BCUT2D eigenvalue weighted by molar-refractivity contribution is 5.07. The quantitative estimate of drug-likeness (QED) is 0.541. The second-order valence-corrected chi connectivity index (χ2v) is 4.47. The first-order chi connectivity index (χ1) is 8.57. The number of aromatic amines is 1. The van der Waals surface area contributed by atoms with E-state index in [9.17, 15) is 19.8 Å². The molecule has 4 atom stereocenters. The first-order valence-corrected chi connectivity index (χ1v) is 5.47. The standard InChI is InChI=1S/C10H12N2O6/c13-3-10-4-17-6(7(10)15)8(18-10)12-2-1-5(14)11-9(12)16/h1-2,6-8,13,15H,3-4H2,(H,11,14,16)/t6-,7-,8?,10-/m1/s1. The van der Waals surface area contributed by atoms with E-state index in [1.807, 2.05) is 0 Å². The third kappa shape index (κ3) is 1.40. The number of aliphatic hydroxyl groups is 2. The van der Waals surface area contributed by atoms with Crippen LogP contribution in [0.1, 0.15) is 6.23 Å². The fourth-order valence-electron chi connectivity index (χ4n) is 2.38. The molecule has 3 rings (SSSR count). The number of ether oxygens (including phenoxy) is 2. The lowest BCUT2D eigenvalue weighted by molar-refractivity contribution is -0.187. The number of hydrogen-bond acceptors (Lipinski definition) is 6. The van der Waals surface area contributed by atoms with Crippen molar-refractivity contribution in [2.45, 2.75) is 24.0 Å². The zero-order valence-corrected chi connectivity index (χ0v) is 9.28. The van der Waals surface area contributed by atoms with Gasteiger partial charge >= 0.3 is 5.69 Å². The monoisotopic (exact) mass is 256 g/mol. The average molecular weight is 256 g/mol. The molecule has 2 fully saturated rings. The van der Waals surface area contributed by atoms with Crippen LogP contribution in [0, 0.1) is 0 Å². The molecular weight excluding hydrogens is 244 g/mol. The first kappa shape index (κ1) is 11.6. The van der Waals surface area contributed by atoms with Gasteiger partial charge in [0.25, 0.3) is 5.56 Å². The Bertz CT molecular complexity index is 580. The molecule has 3 heterocycles. The fourth-order valence-corrected chi connectivity index (χ4v) is 2.38. The highest BCUT2D eigenvalue weighted by Gasteiger charge is 2.61. The Morgan fingerprint density at radius 1 is 1.56 bits per heavy atom. The van der Waals surface area contributed by atoms with Crippen molar-refractivity contribution in [3.63, 3.8) is 0 Å². The van der Waals surface area contributed by atoms with Crippen molar-refractivity contribution >= 4 is 0 Å². The molecule has 8 nitrogen and oxygen atoms in total. The van der Waals surface area contributed by atoms with Crippen LogP contribution in [-0.4, -0.2) is 50.8 Å². The van der Waals surface area contributed by atoms with Crippen molar-refractivity contribution in [2.24, 2.45) is 0 Å². The molecule has 3 N–H and O–H groups in total. The van der Waals surface area contributed by atoms with Crippen LogP contribution in [0.5, 0.6) is 0 Å². The molecule has 0 saturated carbocycles. The number of H-pyrrole nitrogens is 1. The maximum atomic E-state index is 11.6. The van der Waals surface area contributed by atoms with E-state index in [1.165, 1.54) is 12.3 Å². The molecule has 98 valence electrons. The predicted molar refractivity (Wildman–Crippen MR) is 57.0 cm³/mol. The van der Waals surface area contributed by atoms with Gasteiger partial charge in [-0.1, -0.05) is 0 Å². The molecule has 2 aliphatic heterocycles. The Kier molecular flexibility index (Phi) is 2.42. The maximum absolute atomic E-state index is 11.6. The summed E-state index contributed by atoms with van der Waals surface area (Å²) in [6.45, 7) is -0.330. The SMILES string of the molecule is O=c1ccn(C2O[C@]3(CO)CO[C@@H]2[C@H]3O)c(=O)[nH]1. The van der Waals surface area contributed by atoms with Crippen molar-refractivity contribution in [1.82, 2.24) is 9.55 Å². The number of rotatable bonds is 2. The summed E-state index contributed by atoms with van der Waals surface area (Å²) in [5, 5.41) is 19.2. The minimum Gasteiger partial charge on any atom is -0.393 e. The van der Waals surface area contributed by atoms with Crippen molar-refractivity contribution in [3.05, 3.63) is 33.1 Å². The van der Waals surface area contributed by atoms with Gasteiger partial charge in [-0.2, -0.15) is 0 Å². The van der Waals surface area contributed by atoms with E-state index in [-0.39, 0.29) is 6.61 Å². The van der Waals surface area contributed by atoms with Gasteiger partial charge in [-0.3, -0.25) is 14.3 Å². The molecule has 1 aromatic rings. The molecular formula is C10H12N2O6. The third-order valence-electron chi connectivity index (χ3n) is 3.40. The summed E-state index contributed by atoms with van der Waals surface area (Å²) in [5.74, 6) is 0. The van der Waals surface area contributed by atoms with E-state index in [0.29, 0.717) is 0 Å². The van der Waals surface area contributed by atoms with Gasteiger partial charge in [0.15, 0.2) is 6.23 Å². The van der Waals surface area contributed by atoms with Crippen molar-refractivity contribution < 1.29 is 19.7 Å². The van der Waals surface area contributed by atoms with Crippen molar-refractivity contribution in [3.8, 4) is 0 Å². The second-order valence-electron chi connectivity index (χ2n) is 4.47. The van der Waals surface area contributed by atoms with Crippen LogP contribution < -0.4 is 11.2 Å². The molecule has 0 spiro atoms. The van der Waals surface area contributed by atoms with E-state index in [4.69, 9.17) is 9.47 Å². The van der Waals surface area contributed by atoms with Crippen LogP contribution in [0.25, 0.3) is 0 Å². The normalized spacial score (nSPS) is 38.2. The van der Waals surface area contributed by atoms with Gasteiger partial charge in [0, 0.05) is 12.3 Å². The minimum absolute atomic E-state index is 0.0734. The number of aliphatic hydroxyl groups excluding tert-OH is 2. The lowest BCUT2D eigenvalue weighted by atomic mass is 10.0. The molecule has 0 radical (unpaired) electrons. The lowest BCUT2D eigenvalue weighted by Crippen LogP contribution is -2.44. The summed E-state index contributed by atoms with van der Waals surface area (Å²) in [5.41, 5.74) is -2.35. The van der Waals surface area contributed by atoms with Crippen LogP contribution in [0.4, 0.5) is 0 Å². The van der Waals surface area contributed by atoms with E-state index in [1.54, 1.807) is 0 Å². The topological polar surface area (TPSA) is 114 Å². The maximum Gasteiger partial charge on any atom is 0.330 e. The first-order valence-electron chi connectivity index (χ1n) is 5.47. The van der Waals surface area contributed by atoms with E-state index >= 15 is 0 Å². The molecule has 2 aliphatic rings. The van der Waals surface area contributed by atoms with Gasteiger partial charge in [0.2, 0.25) is 0 Å². The second kappa shape index (κ2) is 3.75. The van der Waals surface area contributed by atoms with E-state index in [2.05, 4.69) is 4.98 Å². The van der Waals surface area contributed by atoms with Crippen molar-refractivity contribution in [1.29, 1.82) is 0 Å². The Labute approximate surface area is 100 Å². The Morgan fingerprint density at radius 3 is 2.94 bits per heavy atom. The molecule has 2 bridgehead atoms. The molecule has 2 saturated heterocycles. The van der Waals surface area contributed by atoms with Crippen LogP contribution in [-0.2, 0) is 9.47 Å². The van der Waals surface area contributed by atoms with Gasteiger partial charge in [-0.25, -0.2) is 4.79 Å². The van der Waals surface area contributed by atoms with Crippen LogP contribution in [0.3, 0.4) is 0 Å². The molecule has 18 heavy (non-hydrogen) atoms. The Balaban J connectivity index is 2.01. The minimum atomic E-state index is -1.19. The van der Waals surface area contributed by atoms with E-state index in [0.717, 1.165) is 4.57 Å². The highest BCUT2D eigenvalue weighted by Crippen LogP contribution is 2.43. The third-order valence-corrected chi connectivity index (χ3v) is 3.40. The number of fused-ring (bicyclic) bond motifs is 2. The molecule has 0 amide bonds. The van der Waals surface area contributed by atoms with Gasteiger partial charge in [0.05, 0.1) is 13.2 Å². The van der Waals surface area contributed by atoms with Crippen molar-refractivity contribution in [2.75, 3.05) is 13.2 Å². The van der Waals surface area contributed by atoms with Gasteiger partial charge in [-0.05, 0) is 0 Å². The van der Waals surface area contributed by atoms with E-state index < -0.39 is 41.9 Å². The molecule has 1 unspecified atom stereocenters. The zero-order chi connectivity index (χ0) is 12.9. The summed E-state index contributed by atoms with van der Waals surface area (Å²) < 4.78 is 12.0. The smallest absolute Gasteiger partial charge is 0.330 e. The summed E-state index contributed by atoms with van der Waals surface area (Å²) in [7, 11) is 0. The molecule has 0 aromatic carbocycles. The lowest BCUT2D eigenvalue weighted by Gasteiger charge is -2.29. The van der Waals surface area contributed by atoms with Gasteiger partial charge in [0.1, 0.15) is 17.8 Å². The van der Waals surface area contributed by atoms with Crippen LogP contribution in [0.2, 0.25) is 0 Å². The van der Waals surface area contributed by atoms with Gasteiger partial charge < -0.3 is 19.7 Å². The molecule has 8 heteroatoms. The molecule has 0 aliphatic carbocycles. The summed E-state index contributed by atoms with van der Waals surface area (Å²) in [4.78, 5) is 24.7. The number of hydrogen-bond donors (Lipinski definition) is 3. The molecule has 1 aromatic heterocycles. The highest BCUT2D eigenvalue weighted by atomic mass is 16.7. The predicted octanol–water partition coefficient (Wildman–Crippen LogP) is -2.44. The zero-order valence-electron chi connectivity index (χ0n) is 9.28. The number of nitrogens with zero attached hydrogens (tertiary/aromatic N) is 1. The summed E-state index contributed by atoms with van der Waals surface area (Å²) >= 11 is 0. The average Bonchev–Trinajstić information content (AvgIpc) is 2.81. The Hall–Kier alpha value is -1.48. The summed E-state index contributed by atoms with van der Waals surface area (Å²) in [6, 6.07) is 1.18. The number of aromatic nitrogens is 2. The Morgan fingerprint density at radius 2 is 2.33 bits per heavy atom. The largest absolute Gasteiger partial charge is 0.393 e. The van der Waals surface area contributed by atoms with Crippen LogP contribution >= 0.6 is 0 Å². The van der Waals surface area contributed by atoms with Crippen LogP contribution in [0.15, 0.2) is 21.9 Å². The summed E-state index contributed by atoms with van der Waals surface area (Å²) in [6.07, 6.45) is -1.33. The fraction of sp³-hybridized carbons (Fsp3) is 0.600. The number of nitrogens with one attached hydrogen (secondary N) is 1. The van der Waals surface area contributed by atoms with Gasteiger partial charge in [-0.15, -0.1) is 0 Å².